The highest BCUT2D eigenvalue weighted by atomic mass is 32.1. The van der Waals surface area contributed by atoms with Crippen molar-refractivity contribution in [2.24, 2.45) is 0 Å². The zero-order valence-corrected chi connectivity index (χ0v) is 24.5. The predicted molar refractivity (Wildman–Crippen MR) is 160 cm³/mol. The number of anilines is 1. The van der Waals surface area contributed by atoms with E-state index in [2.05, 4.69) is 31.2 Å². The minimum Gasteiger partial charge on any atom is -0.497 e. The van der Waals surface area contributed by atoms with Crippen molar-refractivity contribution in [1.29, 1.82) is 0 Å². The Balaban J connectivity index is 1.41. The van der Waals surface area contributed by atoms with E-state index < -0.39 is 0 Å². The number of thiophene rings is 1. The highest BCUT2D eigenvalue weighted by molar-refractivity contribution is 7.13. The number of ether oxygens (including phenoxy) is 3. The molecule has 212 valence electrons. The van der Waals surface area contributed by atoms with Gasteiger partial charge in [0.05, 0.1) is 33.0 Å². The van der Waals surface area contributed by atoms with E-state index >= 15 is 0 Å². The first-order valence-corrected chi connectivity index (χ1v) is 14.8. The number of carbonyl (C=O) groups is 2. The Morgan fingerprint density at radius 2 is 1.82 bits per heavy atom. The third-order valence-electron chi connectivity index (χ3n) is 7.20. The van der Waals surface area contributed by atoms with Crippen LogP contribution >= 0.6 is 11.3 Å². The lowest BCUT2D eigenvalue weighted by Crippen LogP contribution is -2.31. The van der Waals surface area contributed by atoms with Gasteiger partial charge in [0, 0.05) is 17.0 Å². The molecule has 1 aliphatic rings. The molecule has 4 rings (SSSR count). The summed E-state index contributed by atoms with van der Waals surface area (Å²) in [6, 6.07) is 20.0. The van der Waals surface area contributed by atoms with E-state index in [4.69, 9.17) is 14.2 Å². The molecule has 7 heteroatoms. The summed E-state index contributed by atoms with van der Waals surface area (Å²) in [4.78, 5) is 28.1. The van der Waals surface area contributed by atoms with Crippen LogP contribution in [0.5, 0.6) is 5.75 Å². The highest BCUT2D eigenvalue weighted by Crippen LogP contribution is 2.31. The molecule has 0 spiro atoms. The minimum absolute atomic E-state index is 0.00616. The van der Waals surface area contributed by atoms with Gasteiger partial charge in [-0.2, -0.15) is 0 Å². The number of nitrogens with zero attached hydrogens (tertiary/aromatic N) is 1. The van der Waals surface area contributed by atoms with Gasteiger partial charge in [-0.25, -0.2) is 4.79 Å². The number of hydrogen-bond acceptors (Lipinski definition) is 6. The van der Waals surface area contributed by atoms with E-state index in [1.165, 1.54) is 24.9 Å². The molecule has 2 atom stereocenters. The van der Waals surface area contributed by atoms with Gasteiger partial charge in [-0.1, -0.05) is 62.6 Å². The van der Waals surface area contributed by atoms with Gasteiger partial charge < -0.3 is 19.1 Å². The molecule has 0 N–H and O–H groups in total. The number of allylic oxidation sites excluding steroid dienone is 1. The Bertz CT molecular complexity index is 1260. The Kier molecular flexibility index (Phi) is 11.0. The standard InChI is InChI=1S/C33H39NO5S/c1-4-5-6-10-30(39-23-24-11-18-28(37-2)19-12-24)25-13-15-27(16-14-25)34-26(17-22-32(34)35)8-7-9-29-20-21-31(40-29)33(36)38-3/h7-8,11-16,18-21,26,30H,4-6,9-10,17,22-23H2,1-3H3. The van der Waals surface area contributed by atoms with Crippen LogP contribution in [-0.2, 0) is 27.3 Å². The molecule has 0 aliphatic carbocycles. The van der Waals surface area contributed by atoms with Gasteiger partial charge >= 0.3 is 5.97 Å². The van der Waals surface area contributed by atoms with Crippen molar-refractivity contribution in [3.63, 3.8) is 0 Å². The molecule has 1 amide bonds. The summed E-state index contributed by atoms with van der Waals surface area (Å²) in [5, 5.41) is 0. The Morgan fingerprint density at radius 3 is 2.52 bits per heavy atom. The number of benzene rings is 2. The number of rotatable bonds is 14. The van der Waals surface area contributed by atoms with E-state index in [0.717, 1.165) is 53.1 Å². The van der Waals surface area contributed by atoms with Crippen molar-refractivity contribution < 1.29 is 23.8 Å². The maximum Gasteiger partial charge on any atom is 0.348 e. The second-order valence-corrected chi connectivity index (χ2v) is 11.2. The summed E-state index contributed by atoms with van der Waals surface area (Å²) in [5.74, 6) is 0.666. The molecule has 2 heterocycles. The molecule has 3 aromatic rings. The van der Waals surface area contributed by atoms with Crippen LogP contribution in [0.1, 0.15) is 77.2 Å². The van der Waals surface area contributed by atoms with Crippen LogP contribution in [0.4, 0.5) is 5.69 Å². The maximum atomic E-state index is 12.8. The molecular weight excluding hydrogens is 522 g/mol. The van der Waals surface area contributed by atoms with Gasteiger partial charge in [0.1, 0.15) is 10.6 Å². The number of hydrogen-bond donors (Lipinski definition) is 0. The molecule has 1 aliphatic heterocycles. The van der Waals surface area contributed by atoms with Crippen LogP contribution in [0, 0.1) is 0 Å². The van der Waals surface area contributed by atoms with Crippen molar-refractivity contribution in [2.45, 2.75) is 70.6 Å². The first-order valence-electron chi connectivity index (χ1n) is 14.0. The first kappa shape index (κ1) is 29.6. The van der Waals surface area contributed by atoms with Crippen LogP contribution in [0.25, 0.3) is 0 Å². The third-order valence-corrected chi connectivity index (χ3v) is 8.29. The van der Waals surface area contributed by atoms with E-state index in [9.17, 15) is 9.59 Å². The molecule has 6 nitrogen and oxygen atoms in total. The fourth-order valence-electron chi connectivity index (χ4n) is 4.96. The van der Waals surface area contributed by atoms with E-state index in [0.29, 0.717) is 24.3 Å². The number of methoxy groups -OCH3 is 2. The predicted octanol–water partition coefficient (Wildman–Crippen LogP) is 7.68. The topological polar surface area (TPSA) is 65.1 Å². The number of amides is 1. The van der Waals surface area contributed by atoms with E-state index in [1.54, 1.807) is 13.2 Å². The van der Waals surface area contributed by atoms with Gasteiger partial charge in [-0.15, -0.1) is 11.3 Å². The summed E-state index contributed by atoms with van der Waals surface area (Å²) in [6.45, 7) is 2.74. The molecule has 1 aromatic heterocycles. The van der Waals surface area contributed by atoms with Gasteiger partial charge in [0.25, 0.3) is 0 Å². The van der Waals surface area contributed by atoms with E-state index in [-0.39, 0.29) is 24.0 Å². The van der Waals surface area contributed by atoms with Gasteiger partial charge in [0.15, 0.2) is 0 Å². The molecule has 0 bridgehead atoms. The van der Waals surface area contributed by atoms with Crippen LogP contribution in [0.2, 0.25) is 0 Å². The lowest BCUT2D eigenvalue weighted by Gasteiger charge is -2.24. The van der Waals surface area contributed by atoms with E-state index in [1.807, 2.05) is 47.4 Å². The average Bonchev–Trinajstić information content (AvgIpc) is 3.61. The van der Waals surface area contributed by atoms with Crippen molar-refractivity contribution in [2.75, 3.05) is 19.1 Å². The quantitative estimate of drug-likeness (QED) is 0.115. The van der Waals surface area contributed by atoms with Crippen molar-refractivity contribution in [3.8, 4) is 5.75 Å². The summed E-state index contributed by atoms with van der Waals surface area (Å²) >= 11 is 1.44. The third kappa shape index (κ3) is 7.83. The van der Waals surface area contributed by atoms with Crippen LogP contribution in [0.15, 0.2) is 72.8 Å². The van der Waals surface area contributed by atoms with Gasteiger partial charge in [-0.05, 0) is 66.8 Å². The molecule has 0 saturated carbocycles. The zero-order chi connectivity index (χ0) is 28.3. The lowest BCUT2D eigenvalue weighted by atomic mass is 10.0. The summed E-state index contributed by atoms with van der Waals surface area (Å²) < 4.78 is 16.5. The fraction of sp³-hybridized carbons (Fsp3) is 0.394. The largest absolute Gasteiger partial charge is 0.497 e. The Hall–Kier alpha value is -3.42. The van der Waals surface area contributed by atoms with Crippen molar-refractivity contribution in [1.82, 2.24) is 0 Å². The lowest BCUT2D eigenvalue weighted by molar-refractivity contribution is -0.117. The molecule has 2 unspecified atom stereocenters. The zero-order valence-electron chi connectivity index (χ0n) is 23.6. The van der Waals surface area contributed by atoms with Crippen molar-refractivity contribution in [3.05, 3.63) is 93.7 Å². The summed E-state index contributed by atoms with van der Waals surface area (Å²) in [5.41, 5.74) is 3.15. The smallest absolute Gasteiger partial charge is 0.348 e. The molecule has 1 saturated heterocycles. The summed E-state index contributed by atoms with van der Waals surface area (Å²) in [7, 11) is 3.06. The maximum absolute atomic E-state index is 12.8. The average molecular weight is 562 g/mol. The summed E-state index contributed by atoms with van der Waals surface area (Å²) in [6.07, 6.45) is 10.6. The SMILES string of the molecule is CCCCCC(OCc1ccc(OC)cc1)c1ccc(N2C(=O)CCC2C=CCc2ccc(C(=O)OC)s2)cc1. The highest BCUT2D eigenvalue weighted by Gasteiger charge is 2.30. The molecule has 1 fully saturated rings. The van der Waals surface area contributed by atoms with Gasteiger partial charge in [0.2, 0.25) is 5.91 Å². The van der Waals surface area contributed by atoms with Gasteiger partial charge in [-0.3, -0.25) is 4.79 Å². The molecule has 0 radical (unpaired) electrons. The monoisotopic (exact) mass is 561 g/mol. The molecule has 2 aromatic carbocycles. The Labute approximate surface area is 241 Å². The van der Waals surface area contributed by atoms with Crippen LogP contribution in [0.3, 0.4) is 0 Å². The first-order chi connectivity index (χ1) is 19.5. The Morgan fingerprint density at radius 1 is 1.05 bits per heavy atom. The normalized spacial score (nSPS) is 16.0. The van der Waals surface area contributed by atoms with Crippen molar-refractivity contribution >= 4 is 28.9 Å². The fourth-order valence-corrected chi connectivity index (χ4v) is 5.86. The van der Waals surface area contributed by atoms with Crippen LogP contribution in [-0.4, -0.2) is 32.1 Å². The molecule has 40 heavy (non-hydrogen) atoms. The number of unbranched alkanes of at least 4 members (excludes halogenated alkanes) is 2. The number of carbonyl (C=O) groups excluding carboxylic acids is 2. The minimum atomic E-state index is -0.310. The second kappa shape index (κ2) is 14.8. The number of esters is 1. The second-order valence-electron chi connectivity index (χ2n) is 9.99. The van der Waals surface area contributed by atoms with Crippen LogP contribution < -0.4 is 9.64 Å². The molecular formula is C33H39NO5S.